The molecule has 0 aromatic carbocycles. The highest BCUT2D eigenvalue weighted by Gasteiger charge is 2.19. The topological polar surface area (TPSA) is 67.2 Å². The van der Waals surface area contributed by atoms with E-state index >= 15 is 0 Å². The number of hydrogen-bond acceptors (Lipinski definition) is 3. The summed E-state index contributed by atoms with van der Waals surface area (Å²) in [6, 6.07) is 0. The highest BCUT2D eigenvalue weighted by Crippen LogP contribution is 2.27. The number of nitrogens with one attached hydrogen (secondary N) is 1. The van der Waals surface area contributed by atoms with Crippen LogP contribution in [0.1, 0.15) is 43.8 Å². The number of aryl methyl sites for hydroxylation is 1. The molecule has 2 rings (SSSR count). The average Bonchev–Trinajstić information content (AvgIpc) is 2.97. The molecular weight excluding hydrogens is 230 g/mol. The monoisotopic (exact) mass is 251 g/mol. The Morgan fingerprint density at radius 1 is 1.61 bits per heavy atom. The van der Waals surface area contributed by atoms with E-state index in [0.717, 1.165) is 5.56 Å². The zero-order valence-corrected chi connectivity index (χ0v) is 10.8. The van der Waals surface area contributed by atoms with E-state index < -0.39 is 6.10 Å². The molecule has 1 amide bonds. The Hall–Kier alpha value is -1.36. The standard InChI is InChI=1S/C13H21N3O2/c1-16-9-11(7-15-16)12(17)8-14-13(18)6-10-4-2-3-5-10/h7,9-10,12,17H,2-6,8H2,1H3,(H,14,18)/t12-/m0/s1. The van der Waals surface area contributed by atoms with Crippen LogP contribution in [0.5, 0.6) is 0 Å². The third kappa shape index (κ3) is 3.57. The molecule has 1 aromatic heterocycles. The molecule has 18 heavy (non-hydrogen) atoms. The Morgan fingerprint density at radius 3 is 2.94 bits per heavy atom. The first-order valence-electron chi connectivity index (χ1n) is 6.58. The Morgan fingerprint density at radius 2 is 2.33 bits per heavy atom. The van der Waals surface area contributed by atoms with Crippen molar-refractivity contribution in [1.29, 1.82) is 0 Å². The van der Waals surface area contributed by atoms with E-state index in [1.807, 2.05) is 0 Å². The fourth-order valence-corrected chi connectivity index (χ4v) is 2.49. The van der Waals surface area contributed by atoms with Crippen molar-refractivity contribution in [3.63, 3.8) is 0 Å². The van der Waals surface area contributed by atoms with Gasteiger partial charge in [-0.1, -0.05) is 12.8 Å². The molecule has 1 aliphatic rings. The first-order valence-corrected chi connectivity index (χ1v) is 6.58. The zero-order valence-electron chi connectivity index (χ0n) is 10.8. The molecule has 1 aromatic rings. The van der Waals surface area contributed by atoms with Gasteiger partial charge in [0.05, 0.1) is 12.3 Å². The van der Waals surface area contributed by atoms with Crippen LogP contribution in [0.4, 0.5) is 0 Å². The van der Waals surface area contributed by atoms with Crippen molar-refractivity contribution in [2.75, 3.05) is 6.54 Å². The summed E-state index contributed by atoms with van der Waals surface area (Å²) in [6.07, 6.45) is 8.12. The summed E-state index contributed by atoms with van der Waals surface area (Å²) < 4.78 is 1.64. The minimum Gasteiger partial charge on any atom is -0.386 e. The number of aromatic nitrogens is 2. The van der Waals surface area contributed by atoms with Crippen molar-refractivity contribution < 1.29 is 9.90 Å². The molecule has 2 N–H and O–H groups in total. The molecule has 0 saturated heterocycles. The van der Waals surface area contributed by atoms with E-state index in [1.165, 1.54) is 25.7 Å². The molecule has 0 radical (unpaired) electrons. The molecule has 5 heteroatoms. The summed E-state index contributed by atoms with van der Waals surface area (Å²) in [5.74, 6) is 0.588. The molecule has 1 atom stereocenters. The summed E-state index contributed by atoms with van der Waals surface area (Å²) in [7, 11) is 1.80. The first-order chi connectivity index (χ1) is 8.65. The second-order valence-corrected chi connectivity index (χ2v) is 5.12. The van der Waals surface area contributed by atoms with E-state index in [0.29, 0.717) is 12.3 Å². The van der Waals surface area contributed by atoms with Gasteiger partial charge in [0.1, 0.15) is 0 Å². The van der Waals surface area contributed by atoms with Gasteiger partial charge in [0.25, 0.3) is 0 Å². The van der Waals surface area contributed by atoms with Crippen LogP contribution in [0.3, 0.4) is 0 Å². The van der Waals surface area contributed by atoms with Gasteiger partial charge in [0.2, 0.25) is 5.91 Å². The Labute approximate surface area is 107 Å². The predicted molar refractivity (Wildman–Crippen MR) is 67.8 cm³/mol. The summed E-state index contributed by atoms with van der Waals surface area (Å²) in [5.41, 5.74) is 0.735. The molecular formula is C13H21N3O2. The molecule has 5 nitrogen and oxygen atoms in total. The molecule has 1 heterocycles. The van der Waals surface area contributed by atoms with Crippen molar-refractivity contribution in [2.24, 2.45) is 13.0 Å². The molecule has 0 aliphatic heterocycles. The van der Waals surface area contributed by atoms with Crippen molar-refractivity contribution in [2.45, 2.75) is 38.2 Å². The Bertz CT molecular complexity index is 397. The normalized spacial score (nSPS) is 17.9. The van der Waals surface area contributed by atoms with Crippen LogP contribution in [0.2, 0.25) is 0 Å². The number of amides is 1. The van der Waals surface area contributed by atoms with Gasteiger partial charge in [-0.2, -0.15) is 5.10 Å². The van der Waals surface area contributed by atoms with E-state index in [2.05, 4.69) is 10.4 Å². The van der Waals surface area contributed by atoms with Crippen LogP contribution >= 0.6 is 0 Å². The fourth-order valence-electron chi connectivity index (χ4n) is 2.49. The summed E-state index contributed by atoms with van der Waals surface area (Å²) in [5, 5.41) is 16.7. The van der Waals surface area contributed by atoms with Crippen LogP contribution < -0.4 is 5.32 Å². The van der Waals surface area contributed by atoms with E-state index in [9.17, 15) is 9.90 Å². The van der Waals surface area contributed by atoms with Gasteiger partial charge in [-0.05, 0) is 18.8 Å². The van der Waals surface area contributed by atoms with Crippen molar-refractivity contribution in [3.05, 3.63) is 18.0 Å². The smallest absolute Gasteiger partial charge is 0.220 e. The molecule has 1 aliphatic carbocycles. The van der Waals surface area contributed by atoms with Crippen LogP contribution in [0, 0.1) is 5.92 Å². The number of aliphatic hydroxyl groups excluding tert-OH is 1. The lowest BCUT2D eigenvalue weighted by atomic mass is 10.0. The van der Waals surface area contributed by atoms with Crippen molar-refractivity contribution >= 4 is 5.91 Å². The van der Waals surface area contributed by atoms with Crippen LogP contribution in [0.25, 0.3) is 0 Å². The number of carbonyl (C=O) groups excluding carboxylic acids is 1. The molecule has 1 saturated carbocycles. The lowest BCUT2D eigenvalue weighted by Crippen LogP contribution is -2.29. The number of hydrogen-bond donors (Lipinski definition) is 2. The lowest BCUT2D eigenvalue weighted by molar-refractivity contribution is -0.122. The van der Waals surface area contributed by atoms with Gasteiger partial charge in [0, 0.05) is 31.8 Å². The summed E-state index contributed by atoms with van der Waals surface area (Å²) in [6.45, 7) is 0.261. The van der Waals surface area contributed by atoms with Gasteiger partial charge in [0.15, 0.2) is 0 Å². The van der Waals surface area contributed by atoms with E-state index in [4.69, 9.17) is 0 Å². The largest absolute Gasteiger partial charge is 0.386 e. The van der Waals surface area contributed by atoms with E-state index in [1.54, 1.807) is 24.1 Å². The van der Waals surface area contributed by atoms with Gasteiger partial charge in [-0.15, -0.1) is 0 Å². The van der Waals surface area contributed by atoms with Crippen LogP contribution in [-0.4, -0.2) is 27.3 Å². The second kappa shape index (κ2) is 6.00. The van der Waals surface area contributed by atoms with Crippen molar-refractivity contribution in [3.8, 4) is 0 Å². The number of rotatable bonds is 5. The van der Waals surface area contributed by atoms with Crippen LogP contribution in [-0.2, 0) is 11.8 Å². The van der Waals surface area contributed by atoms with Gasteiger partial charge in [-0.25, -0.2) is 0 Å². The molecule has 100 valence electrons. The molecule has 1 fully saturated rings. The third-order valence-corrected chi connectivity index (χ3v) is 3.55. The minimum atomic E-state index is -0.675. The maximum atomic E-state index is 11.7. The lowest BCUT2D eigenvalue weighted by Gasteiger charge is -2.12. The summed E-state index contributed by atoms with van der Waals surface area (Å²) >= 11 is 0. The zero-order chi connectivity index (χ0) is 13.0. The minimum absolute atomic E-state index is 0.0461. The van der Waals surface area contributed by atoms with E-state index in [-0.39, 0.29) is 12.5 Å². The maximum Gasteiger partial charge on any atom is 0.220 e. The predicted octanol–water partition coefficient (Wildman–Crippen LogP) is 1.15. The molecule has 0 spiro atoms. The third-order valence-electron chi connectivity index (χ3n) is 3.55. The average molecular weight is 251 g/mol. The molecule has 0 bridgehead atoms. The number of nitrogens with zero attached hydrogens (tertiary/aromatic N) is 2. The maximum absolute atomic E-state index is 11.7. The van der Waals surface area contributed by atoms with Crippen molar-refractivity contribution in [1.82, 2.24) is 15.1 Å². The summed E-state index contributed by atoms with van der Waals surface area (Å²) in [4.78, 5) is 11.7. The number of aliphatic hydroxyl groups is 1. The fraction of sp³-hybridized carbons (Fsp3) is 0.692. The quantitative estimate of drug-likeness (QED) is 0.825. The second-order valence-electron chi connectivity index (χ2n) is 5.12. The Balaban J connectivity index is 1.71. The van der Waals surface area contributed by atoms with Crippen LogP contribution in [0.15, 0.2) is 12.4 Å². The SMILES string of the molecule is Cn1cc([C@@H](O)CNC(=O)CC2CCCC2)cn1. The highest BCUT2D eigenvalue weighted by atomic mass is 16.3. The van der Waals surface area contributed by atoms with Gasteiger partial charge >= 0.3 is 0 Å². The number of carbonyl (C=O) groups is 1. The first kappa shape index (κ1) is 13.1. The van der Waals surface area contributed by atoms with Gasteiger partial charge in [-0.3, -0.25) is 9.48 Å². The Kier molecular flexibility index (Phi) is 4.36. The highest BCUT2D eigenvalue weighted by molar-refractivity contribution is 5.76. The van der Waals surface area contributed by atoms with Gasteiger partial charge < -0.3 is 10.4 Å². The molecule has 0 unspecified atom stereocenters.